The van der Waals surface area contributed by atoms with Crippen LogP contribution < -0.4 is 10.6 Å². The lowest BCUT2D eigenvalue weighted by molar-refractivity contribution is 0.0527. The molecule has 0 aliphatic carbocycles. The lowest BCUT2D eigenvalue weighted by atomic mass is 10.2. The molecule has 1 fully saturated rings. The molecule has 1 atom stereocenters. The van der Waals surface area contributed by atoms with Gasteiger partial charge in [0.25, 0.3) is 0 Å². The predicted molar refractivity (Wildman–Crippen MR) is 66.6 cm³/mol. The van der Waals surface area contributed by atoms with Gasteiger partial charge in [-0.05, 0) is 13.8 Å². The van der Waals surface area contributed by atoms with Crippen molar-refractivity contribution in [1.29, 1.82) is 5.41 Å². The molecule has 1 aromatic rings. The van der Waals surface area contributed by atoms with Gasteiger partial charge in [-0.25, -0.2) is 0 Å². The van der Waals surface area contributed by atoms with Gasteiger partial charge in [-0.15, -0.1) is 0 Å². The molecule has 17 heavy (non-hydrogen) atoms. The van der Waals surface area contributed by atoms with Crippen molar-refractivity contribution < 1.29 is 4.74 Å². The monoisotopic (exact) mass is 237 g/mol. The third-order valence-corrected chi connectivity index (χ3v) is 3.00. The second kappa shape index (κ2) is 4.37. The summed E-state index contributed by atoms with van der Waals surface area (Å²) in [4.78, 5) is 2.19. The van der Waals surface area contributed by atoms with Crippen LogP contribution >= 0.6 is 0 Å². The molecular weight excluding hydrogens is 218 g/mol. The Morgan fingerprint density at radius 2 is 2.29 bits per heavy atom. The van der Waals surface area contributed by atoms with Crippen molar-refractivity contribution in [2.75, 3.05) is 24.6 Å². The molecule has 0 aromatic carbocycles. The fourth-order valence-electron chi connectivity index (χ4n) is 2.33. The van der Waals surface area contributed by atoms with Crippen LogP contribution in [0.5, 0.6) is 0 Å². The fourth-order valence-corrected chi connectivity index (χ4v) is 2.33. The number of ether oxygens (including phenoxy) is 1. The summed E-state index contributed by atoms with van der Waals surface area (Å²) in [7, 11) is 1.88. The Labute approximate surface area is 101 Å². The summed E-state index contributed by atoms with van der Waals surface area (Å²) < 4.78 is 7.32. The molecule has 0 spiro atoms. The molecule has 6 nitrogen and oxygen atoms in total. The summed E-state index contributed by atoms with van der Waals surface area (Å²) in [6.07, 6.45) is 0.193. The number of nitrogen functional groups attached to an aromatic ring is 1. The molecule has 1 aliphatic heterocycles. The summed E-state index contributed by atoms with van der Waals surface area (Å²) in [6.45, 7) is 6.23. The minimum absolute atomic E-state index is 0.0738. The number of nitrogens with zero attached hydrogens (tertiary/aromatic N) is 3. The lowest BCUT2D eigenvalue weighted by Gasteiger charge is -2.33. The highest BCUT2D eigenvalue weighted by Crippen LogP contribution is 2.24. The zero-order valence-electron chi connectivity index (χ0n) is 10.5. The first kappa shape index (κ1) is 11.9. The van der Waals surface area contributed by atoms with Crippen LogP contribution in [0.4, 0.5) is 5.82 Å². The third-order valence-electron chi connectivity index (χ3n) is 3.00. The number of nitrogens with two attached hydrogens (primary N) is 1. The van der Waals surface area contributed by atoms with Gasteiger partial charge in [0.1, 0.15) is 11.7 Å². The first-order valence-electron chi connectivity index (χ1n) is 5.75. The first-order valence-corrected chi connectivity index (χ1v) is 5.75. The van der Waals surface area contributed by atoms with Gasteiger partial charge < -0.3 is 15.4 Å². The number of rotatable bonds is 2. The standard InChI is InChI=1S/C11H19N5O/c1-7-6-16(4-5-17-7)11-9(10(12)13)8(2)14-15(11)3/h7H,4-6H2,1-3H3,(H3,12,13). The number of aryl methyl sites for hydroxylation is 2. The molecule has 1 saturated heterocycles. The molecule has 0 saturated carbocycles. The van der Waals surface area contributed by atoms with E-state index >= 15 is 0 Å². The molecular formula is C11H19N5O. The number of hydrogen-bond acceptors (Lipinski definition) is 4. The van der Waals surface area contributed by atoms with E-state index in [1.807, 2.05) is 20.9 Å². The van der Waals surface area contributed by atoms with E-state index in [1.165, 1.54) is 0 Å². The van der Waals surface area contributed by atoms with Crippen LogP contribution in [0.25, 0.3) is 0 Å². The Bertz CT molecular complexity index is 439. The Hall–Kier alpha value is -1.56. The topological polar surface area (TPSA) is 80.2 Å². The van der Waals surface area contributed by atoms with Gasteiger partial charge in [-0.3, -0.25) is 10.1 Å². The van der Waals surface area contributed by atoms with Crippen LogP contribution in [0.2, 0.25) is 0 Å². The zero-order valence-corrected chi connectivity index (χ0v) is 10.5. The summed E-state index contributed by atoms with van der Waals surface area (Å²) in [6, 6.07) is 0. The second-order valence-corrected chi connectivity index (χ2v) is 4.45. The highest BCUT2D eigenvalue weighted by molar-refractivity contribution is 6.00. The Balaban J connectivity index is 2.40. The SMILES string of the molecule is Cc1nn(C)c(N2CCOC(C)C2)c1C(=N)N. The van der Waals surface area contributed by atoms with Crippen molar-refractivity contribution in [2.24, 2.45) is 12.8 Å². The minimum Gasteiger partial charge on any atom is -0.384 e. The smallest absolute Gasteiger partial charge is 0.138 e. The molecule has 1 aromatic heterocycles. The maximum atomic E-state index is 7.67. The van der Waals surface area contributed by atoms with E-state index in [1.54, 1.807) is 4.68 Å². The van der Waals surface area contributed by atoms with Gasteiger partial charge in [0.2, 0.25) is 0 Å². The zero-order chi connectivity index (χ0) is 12.6. The van der Waals surface area contributed by atoms with E-state index in [0.29, 0.717) is 6.61 Å². The van der Waals surface area contributed by atoms with Crippen LogP contribution in [-0.4, -0.2) is 41.4 Å². The van der Waals surface area contributed by atoms with Gasteiger partial charge in [0, 0.05) is 20.1 Å². The second-order valence-electron chi connectivity index (χ2n) is 4.45. The fraction of sp³-hybridized carbons (Fsp3) is 0.636. The van der Waals surface area contributed by atoms with Gasteiger partial charge in [-0.2, -0.15) is 5.10 Å². The Kier molecular flexibility index (Phi) is 3.06. The van der Waals surface area contributed by atoms with Crippen LogP contribution in [0, 0.1) is 12.3 Å². The molecule has 1 unspecified atom stereocenters. The minimum atomic E-state index is 0.0738. The molecule has 2 heterocycles. The van der Waals surface area contributed by atoms with Gasteiger partial charge in [0.05, 0.1) is 24.0 Å². The van der Waals surface area contributed by atoms with Crippen molar-refractivity contribution in [1.82, 2.24) is 9.78 Å². The van der Waals surface area contributed by atoms with Gasteiger partial charge in [0.15, 0.2) is 0 Å². The van der Waals surface area contributed by atoms with Gasteiger partial charge >= 0.3 is 0 Å². The van der Waals surface area contributed by atoms with Crippen molar-refractivity contribution in [3.63, 3.8) is 0 Å². The lowest BCUT2D eigenvalue weighted by Crippen LogP contribution is -2.42. The molecule has 94 valence electrons. The summed E-state index contributed by atoms with van der Waals surface area (Å²) >= 11 is 0. The highest BCUT2D eigenvalue weighted by atomic mass is 16.5. The molecule has 1 aliphatic rings. The number of aromatic nitrogens is 2. The summed E-state index contributed by atoms with van der Waals surface area (Å²) in [5.74, 6) is 0.995. The largest absolute Gasteiger partial charge is 0.384 e. The number of morpholine rings is 1. The van der Waals surface area contributed by atoms with Crippen molar-refractivity contribution in [2.45, 2.75) is 20.0 Å². The molecule has 3 N–H and O–H groups in total. The highest BCUT2D eigenvalue weighted by Gasteiger charge is 2.25. The van der Waals surface area contributed by atoms with Crippen molar-refractivity contribution >= 4 is 11.7 Å². The van der Waals surface area contributed by atoms with Crippen LogP contribution in [0.15, 0.2) is 0 Å². The molecule has 2 rings (SSSR count). The Morgan fingerprint density at radius 3 is 2.88 bits per heavy atom. The maximum absolute atomic E-state index is 7.67. The molecule has 0 bridgehead atoms. The molecule has 6 heteroatoms. The normalized spacial score (nSPS) is 20.6. The van der Waals surface area contributed by atoms with Crippen LogP contribution in [-0.2, 0) is 11.8 Å². The average molecular weight is 237 g/mol. The van der Waals surface area contributed by atoms with E-state index in [4.69, 9.17) is 15.9 Å². The quantitative estimate of drug-likeness (QED) is 0.570. The number of hydrogen-bond donors (Lipinski definition) is 2. The number of amidine groups is 1. The van der Waals surface area contributed by atoms with Crippen molar-refractivity contribution in [3.8, 4) is 0 Å². The summed E-state index contributed by atoms with van der Waals surface area (Å²) in [5, 5.41) is 12.0. The van der Waals surface area contributed by atoms with E-state index < -0.39 is 0 Å². The van der Waals surface area contributed by atoms with E-state index in [9.17, 15) is 0 Å². The third kappa shape index (κ3) is 2.12. The van der Waals surface area contributed by atoms with Gasteiger partial charge in [-0.1, -0.05) is 0 Å². The van der Waals surface area contributed by atoms with Crippen molar-refractivity contribution in [3.05, 3.63) is 11.3 Å². The van der Waals surface area contributed by atoms with Crippen LogP contribution in [0.3, 0.4) is 0 Å². The number of anilines is 1. The maximum Gasteiger partial charge on any atom is 0.138 e. The summed E-state index contributed by atoms with van der Waals surface area (Å²) in [5.41, 5.74) is 7.18. The first-order chi connectivity index (χ1) is 8.00. The van der Waals surface area contributed by atoms with E-state index in [-0.39, 0.29) is 11.9 Å². The van der Waals surface area contributed by atoms with E-state index in [0.717, 1.165) is 30.2 Å². The molecule has 0 radical (unpaired) electrons. The van der Waals surface area contributed by atoms with Crippen LogP contribution in [0.1, 0.15) is 18.2 Å². The van der Waals surface area contributed by atoms with E-state index in [2.05, 4.69) is 10.00 Å². The number of nitrogens with one attached hydrogen (secondary N) is 1. The Morgan fingerprint density at radius 1 is 1.59 bits per heavy atom. The average Bonchev–Trinajstić information content (AvgIpc) is 2.53. The predicted octanol–water partition coefficient (Wildman–Crippen LogP) is 0.238. The molecule has 0 amide bonds.